The number of fused-ring (bicyclic) bond motifs is 1. The van der Waals surface area contributed by atoms with Crippen LogP contribution < -0.4 is 5.32 Å². The fraction of sp³-hybridized carbons (Fsp3) is 0.412. The van der Waals surface area contributed by atoms with Gasteiger partial charge in [0.1, 0.15) is 0 Å². The minimum absolute atomic E-state index is 0.667. The van der Waals surface area contributed by atoms with E-state index in [-0.39, 0.29) is 0 Å². The van der Waals surface area contributed by atoms with Crippen molar-refractivity contribution in [1.82, 2.24) is 0 Å². The lowest BCUT2D eigenvalue weighted by Crippen LogP contribution is -2.15. The summed E-state index contributed by atoms with van der Waals surface area (Å²) in [5.74, 6) is 0.928. The first-order valence-corrected chi connectivity index (χ1v) is 7.11. The molecule has 3 rings (SSSR count). The van der Waals surface area contributed by atoms with Gasteiger partial charge in [-0.1, -0.05) is 49.7 Å². The van der Waals surface area contributed by atoms with Gasteiger partial charge in [0.25, 0.3) is 0 Å². The lowest BCUT2D eigenvalue weighted by molar-refractivity contribution is 0.525. The molecule has 0 saturated heterocycles. The Balaban J connectivity index is 1.83. The zero-order valence-corrected chi connectivity index (χ0v) is 11.0. The summed E-state index contributed by atoms with van der Waals surface area (Å²) < 4.78 is 0. The van der Waals surface area contributed by atoms with Crippen LogP contribution in [0, 0.1) is 5.92 Å². The topological polar surface area (TPSA) is 12.0 Å². The highest BCUT2D eigenvalue weighted by Crippen LogP contribution is 2.32. The number of rotatable bonds is 3. The lowest BCUT2D eigenvalue weighted by atomic mass is 10.0. The number of hydrogen-bond acceptors (Lipinski definition) is 1. The van der Waals surface area contributed by atoms with Gasteiger partial charge in [0.2, 0.25) is 0 Å². The molecule has 0 aliphatic heterocycles. The zero-order valence-electron chi connectivity index (χ0n) is 11.0. The van der Waals surface area contributed by atoms with Crippen LogP contribution in [0.1, 0.15) is 32.6 Å². The molecule has 94 valence electrons. The SMILES string of the molecule is CCC1CCC(Nc2cccc3ccccc23)C1. The number of nitrogens with one attached hydrogen (secondary N) is 1. The van der Waals surface area contributed by atoms with Gasteiger partial charge in [0, 0.05) is 17.1 Å². The van der Waals surface area contributed by atoms with Crippen LogP contribution in [0.15, 0.2) is 42.5 Å². The van der Waals surface area contributed by atoms with Gasteiger partial charge in [-0.2, -0.15) is 0 Å². The third kappa shape index (κ3) is 2.22. The predicted molar refractivity (Wildman–Crippen MR) is 79.0 cm³/mol. The van der Waals surface area contributed by atoms with E-state index in [1.54, 1.807) is 0 Å². The molecule has 1 heteroatoms. The average Bonchev–Trinajstić information content (AvgIpc) is 2.87. The van der Waals surface area contributed by atoms with Gasteiger partial charge in [0.05, 0.1) is 0 Å². The lowest BCUT2D eigenvalue weighted by Gasteiger charge is -2.16. The maximum Gasteiger partial charge on any atom is 0.0422 e. The van der Waals surface area contributed by atoms with Crippen molar-refractivity contribution in [2.45, 2.75) is 38.6 Å². The summed E-state index contributed by atoms with van der Waals surface area (Å²) in [6.07, 6.45) is 5.37. The Morgan fingerprint density at radius 1 is 1.06 bits per heavy atom. The van der Waals surface area contributed by atoms with Crippen molar-refractivity contribution in [1.29, 1.82) is 0 Å². The Kier molecular flexibility index (Phi) is 3.22. The highest BCUT2D eigenvalue weighted by atomic mass is 14.9. The van der Waals surface area contributed by atoms with Crippen LogP contribution >= 0.6 is 0 Å². The first kappa shape index (κ1) is 11.6. The van der Waals surface area contributed by atoms with E-state index in [1.807, 2.05) is 0 Å². The van der Waals surface area contributed by atoms with Crippen molar-refractivity contribution >= 4 is 16.5 Å². The summed E-state index contributed by atoms with van der Waals surface area (Å²) >= 11 is 0. The molecular weight excluding hydrogens is 218 g/mol. The smallest absolute Gasteiger partial charge is 0.0422 e. The third-order valence-electron chi connectivity index (χ3n) is 4.27. The molecule has 0 bridgehead atoms. The second-order valence-corrected chi connectivity index (χ2v) is 5.46. The van der Waals surface area contributed by atoms with Gasteiger partial charge in [-0.05, 0) is 36.6 Å². The molecule has 0 spiro atoms. The second kappa shape index (κ2) is 5.01. The van der Waals surface area contributed by atoms with Crippen molar-refractivity contribution in [3.05, 3.63) is 42.5 Å². The number of benzene rings is 2. The first-order valence-electron chi connectivity index (χ1n) is 7.11. The summed E-state index contributed by atoms with van der Waals surface area (Å²) in [6, 6.07) is 15.8. The normalized spacial score (nSPS) is 23.4. The molecule has 2 aromatic carbocycles. The van der Waals surface area contributed by atoms with E-state index >= 15 is 0 Å². The van der Waals surface area contributed by atoms with Gasteiger partial charge in [-0.3, -0.25) is 0 Å². The summed E-state index contributed by atoms with van der Waals surface area (Å²) in [5, 5.41) is 6.42. The number of anilines is 1. The monoisotopic (exact) mass is 239 g/mol. The molecule has 1 fully saturated rings. The van der Waals surface area contributed by atoms with Gasteiger partial charge < -0.3 is 5.32 Å². The Bertz CT molecular complexity index is 527. The standard InChI is InChI=1S/C17H21N/c1-2-13-10-11-15(12-13)18-17-9-5-7-14-6-3-4-8-16(14)17/h3-9,13,15,18H,2,10-12H2,1H3. The molecule has 0 radical (unpaired) electrons. The average molecular weight is 239 g/mol. The molecule has 1 saturated carbocycles. The predicted octanol–water partition coefficient (Wildman–Crippen LogP) is 4.83. The molecule has 0 amide bonds. The molecule has 2 aromatic rings. The molecule has 0 heterocycles. The van der Waals surface area contributed by atoms with Crippen molar-refractivity contribution in [3.63, 3.8) is 0 Å². The molecule has 0 aromatic heterocycles. The molecule has 2 unspecified atom stereocenters. The van der Waals surface area contributed by atoms with Gasteiger partial charge in [-0.25, -0.2) is 0 Å². The molecule has 2 atom stereocenters. The second-order valence-electron chi connectivity index (χ2n) is 5.46. The van der Waals surface area contributed by atoms with Crippen LogP contribution in [-0.2, 0) is 0 Å². The highest BCUT2D eigenvalue weighted by molar-refractivity contribution is 5.93. The summed E-state index contributed by atoms with van der Waals surface area (Å²) in [6.45, 7) is 2.31. The van der Waals surface area contributed by atoms with Crippen LogP contribution in [0.4, 0.5) is 5.69 Å². The van der Waals surface area contributed by atoms with Gasteiger partial charge in [0.15, 0.2) is 0 Å². The van der Waals surface area contributed by atoms with E-state index in [1.165, 1.54) is 42.1 Å². The summed E-state index contributed by atoms with van der Waals surface area (Å²) in [5.41, 5.74) is 1.30. The largest absolute Gasteiger partial charge is 0.382 e. The maximum absolute atomic E-state index is 3.75. The van der Waals surface area contributed by atoms with E-state index in [2.05, 4.69) is 54.7 Å². The molecule has 18 heavy (non-hydrogen) atoms. The van der Waals surface area contributed by atoms with Crippen molar-refractivity contribution in [2.24, 2.45) is 5.92 Å². The van der Waals surface area contributed by atoms with Crippen LogP contribution in [0.5, 0.6) is 0 Å². The van der Waals surface area contributed by atoms with E-state index in [0.717, 1.165) is 5.92 Å². The molecule has 1 aliphatic rings. The molecule has 1 nitrogen and oxygen atoms in total. The Morgan fingerprint density at radius 2 is 1.89 bits per heavy atom. The Hall–Kier alpha value is -1.50. The van der Waals surface area contributed by atoms with Gasteiger partial charge in [-0.15, -0.1) is 0 Å². The van der Waals surface area contributed by atoms with E-state index < -0.39 is 0 Å². The summed E-state index contributed by atoms with van der Waals surface area (Å²) in [7, 11) is 0. The molecule has 1 N–H and O–H groups in total. The van der Waals surface area contributed by atoms with Crippen molar-refractivity contribution in [3.8, 4) is 0 Å². The van der Waals surface area contributed by atoms with Crippen LogP contribution in [-0.4, -0.2) is 6.04 Å². The zero-order chi connectivity index (χ0) is 12.4. The van der Waals surface area contributed by atoms with Crippen LogP contribution in [0.2, 0.25) is 0 Å². The minimum atomic E-state index is 0.667. The summed E-state index contributed by atoms with van der Waals surface area (Å²) in [4.78, 5) is 0. The van der Waals surface area contributed by atoms with E-state index in [0.29, 0.717) is 6.04 Å². The third-order valence-corrected chi connectivity index (χ3v) is 4.27. The van der Waals surface area contributed by atoms with Crippen LogP contribution in [0.3, 0.4) is 0 Å². The molecule has 1 aliphatic carbocycles. The Morgan fingerprint density at radius 3 is 2.72 bits per heavy atom. The fourth-order valence-electron chi connectivity index (χ4n) is 3.15. The van der Waals surface area contributed by atoms with E-state index in [9.17, 15) is 0 Å². The highest BCUT2D eigenvalue weighted by Gasteiger charge is 2.23. The van der Waals surface area contributed by atoms with Gasteiger partial charge >= 0.3 is 0 Å². The Labute approximate surface area is 109 Å². The van der Waals surface area contributed by atoms with E-state index in [4.69, 9.17) is 0 Å². The number of hydrogen-bond donors (Lipinski definition) is 1. The first-order chi connectivity index (χ1) is 8.86. The van der Waals surface area contributed by atoms with Crippen molar-refractivity contribution < 1.29 is 0 Å². The maximum atomic E-state index is 3.75. The fourth-order valence-corrected chi connectivity index (χ4v) is 3.15. The van der Waals surface area contributed by atoms with Crippen molar-refractivity contribution in [2.75, 3.05) is 5.32 Å². The van der Waals surface area contributed by atoms with Crippen LogP contribution in [0.25, 0.3) is 10.8 Å². The molecular formula is C17H21N. The quantitative estimate of drug-likeness (QED) is 0.809. The minimum Gasteiger partial charge on any atom is -0.382 e.